The summed E-state index contributed by atoms with van der Waals surface area (Å²) in [5.74, 6) is 0.00769. The molecule has 0 spiro atoms. The van der Waals surface area contributed by atoms with Crippen molar-refractivity contribution < 1.29 is 4.74 Å². The second-order valence-electron chi connectivity index (χ2n) is 1.64. The van der Waals surface area contributed by atoms with Gasteiger partial charge >= 0.3 is 6.01 Å². The molecule has 6 nitrogen and oxygen atoms in total. The number of methoxy groups -OCH3 is 1. The molecule has 0 saturated heterocycles. The van der Waals surface area contributed by atoms with Crippen molar-refractivity contribution >= 4 is 5.82 Å². The number of nitriles is 1. The number of rotatable bonds is 1. The lowest BCUT2D eigenvalue weighted by atomic mass is 10.5. The number of nitrogens with two attached hydrogens (primary N) is 1. The minimum atomic E-state index is 0.00769. The fourth-order valence-corrected chi connectivity index (χ4v) is 0.488. The van der Waals surface area contributed by atoms with E-state index in [1.54, 1.807) is 6.07 Å². The first kappa shape index (κ1) is 7.21. The summed E-state index contributed by atoms with van der Waals surface area (Å²) in [5, 5.41) is 15.3. The van der Waals surface area contributed by atoms with Crippen LogP contribution in [-0.2, 0) is 0 Å². The van der Waals surface area contributed by atoms with Gasteiger partial charge in [0.25, 0.3) is 0 Å². The normalized spacial score (nSPS) is 8.73. The van der Waals surface area contributed by atoms with E-state index in [9.17, 15) is 0 Å². The van der Waals surface area contributed by atoms with Gasteiger partial charge in [-0.15, -0.1) is 5.10 Å². The summed E-state index contributed by atoms with van der Waals surface area (Å²) in [6, 6.07) is 1.79. The van der Waals surface area contributed by atoms with Crippen molar-refractivity contribution in [2.75, 3.05) is 12.8 Å². The lowest BCUT2D eigenvalue weighted by Gasteiger charge is -1.96. The highest BCUT2D eigenvalue weighted by molar-refractivity contribution is 5.41. The number of anilines is 1. The first-order valence-corrected chi connectivity index (χ1v) is 2.72. The number of ether oxygens (including phenoxy) is 1. The average molecular weight is 151 g/mol. The third-order valence-corrected chi connectivity index (χ3v) is 0.982. The first-order valence-electron chi connectivity index (χ1n) is 2.72. The Morgan fingerprint density at radius 1 is 1.55 bits per heavy atom. The van der Waals surface area contributed by atoms with E-state index in [1.165, 1.54) is 7.11 Å². The maximum atomic E-state index is 8.42. The van der Waals surface area contributed by atoms with Crippen molar-refractivity contribution in [3.05, 3.63) is 5.69 Å². The van der Waals surface area contributed by atoms with Gasteiger partial charge in [-0.25, -0.2) is 0 Å². The van der Waals surface area contributed by atoms with Crippen LogP contribution in [-0.4, -0.2) is 22.3 Å². The molecule has 0 aliphatic carbocycles. The molecule has 0 unspecified atom stereocenters. The highest BCUT2D eigenvalue weighted by Gasteiger charge is 2.03. The molecule has 0 saturated carbocycles. The lowest BCUT2D eigenvalue weighted by Crippen LogP contribution is -2.02. The zero-order valence-corrected chi connectivity index (χ0v) is 5.77. The maximum Gasteiger partial charge on any atom is 0.336 e. The smallest absolute Gasteiger partial charge is 0.336 e. The van der Waals surface area contributed by atoms with E-state index in [4.69, 9.17) is 11.0 Å². The molecule has 0 fully saturated rings. The Bertz CT molecular complexity index is 304. The van der Waals surface area contributed by atoms with Crippen LogP contribution in [0.25, 0.3) is 0 Å². The molecular weight excluding hydrogens is 146 g/mol. The van der Waals surface area contributed by atoms with Crippen LogP contribution >= 0.6 is 0 Å². The minimum absolute atomic E-state index is 0.00769. The SMILES string of the molecule is COc1nnc(N)c(C#N)n1. The standard InChI is InChI=1S/C5H5N5O/c1-11-5-8-3(2-6)4(7)9-10-5/h1H3,(H2,7,9). The van der Waals surface area contributed by atoms with Crippen LogP contribution in [0.15, 0.2) is 0 Å². The fraction of sp³-hybridized carbons (Fsp3) is 0.200. The topological polar surface area (TPSA) is 97.7 Å². The van der Waals surface area contributed by atoms with Crippen LogP contribution in [0.5, 0.6) is 6.01 Å². The Labute approximate surface area is 62.6 Å². The van der Waals surface area contributed by atoms with E-state index < -0.39 is 0 Å². The van der Waals surface area contributed by atoms with Crippen LogP contribution in [0.3, 0.4) is 0 Å². The van der Waals surface area contributed by atoms with E-state index in [-0.39, 0.29) is 17.5 Å². The molecule has 1 aromatic rings. The van der Waals surface area contributed by atoms with Crippen molar-refractivity contribution in [1.29, 1.82) is 5.26 Å². The minimum Gasteiger partial charge on any atom is -0.466 e. The molecule has 11 heavy (non-hydrogen) atoms. The summed E-state index contributed by atoms with van der Waals surface area (Å²) in [6.07, 6.45) is 0. The number of aromatic nitrogens is 3. The molecule has 0 amide bonds. The van der Waals surface area contributed by atoms with Gasteiger partial charge in [0.15, 0.2) is 11.5 Å². The van der Waals surface area contributed by atoms with Crippen molar-refractivity contribution in [3.8, 4) is 12.1 Å². The Morgan fingerprint density at radius 2 is 2.27 bits per heavy atom. The van der Waals surface area contributed by atoms with Gasteiger partial charge in [0.2, 0.25) is 0 Å². The summed E-state index contributed by atoms with van der Waals surface area (Å²) >= 11 is 0. The predicted molar refractivity (Wildman–Crippen MR) is 35.5 cm³/mol. The van der Waals surface area contributed by atoms with Gasteiger partial charge in [0.1, 0.15) is 6.07 Å². The average Bonchev–Trinajstić information content (AvgIpc) is 2.05. The summed E-state index contributed by atoms with van der Waals surface area (Å²) in [6.45, 7) is 0. The van der Waals surface area contributed by atoms with Crippen molar-refractivity contribution in [2.24, 2.45) is 0 Å². The summed E-state index contributed by atoms with van der Waals surface area (Å²) < 4.78 is 4.62. The van der Waals surface area contributed by atoms with Gasteiger partial charge in [-0.3, -0.25) is 0 Å². The third-order valence-electron chi connectivity index (χ3n) is 0.982. The number of hydrogen-bond acceptors (Lipinski definition) is 6. The van der Waals surface area contributed by atoms with Crippen LogP contribution in [0.2, 0.25) is 0 Å². The Hall–Kier alpha value is -1.90. The second kappa shape index (κ2) is 2.79. The van der Waals surface area contributed by atoms with Crippen molar-refractivity contribution in [1.82, 2.24) is 15.2 Å². The van der Waals surface area contributed by atoms with Gasteiger partial charge in [-0.2, -0.15) is 10.2 Å². The first-order chi connectivity index (χ1) is 5.27. The van der Waals surface area contributed by atoms with E-state index >= 15 is 0 Å². The van der Waals surface area contributed by atoms with Gasteiger partial charge < -0.3 is 10.5 Å². The Balaban J connectivity index is 3.15. The van der Waals surface area contributed by atoms with Gasteiger partial charge in [-0.05, 0) is 0 Å². The van der Waals surface area contributed by atoms with Gasteiger partial charge in [0, 0.05) is 0 Å². The number of nitrogens with zero attached hydrogens (tertiary/aromatic N) is 4. The van der Waals surface area contributed by atoms with Crippen molar-refractivity contribution in [2.45, 2.75) is 0 Å². The summed E-state index contributed by atoms with van der Waals surface area (Å²) in [5.41, 5.74) is 5.27. The monoisotopic (exact) mass is 151 g/mol. The molecule has 1 aromatic heterocycles. The molecule has 0 aliphatic heterocycles. The molecule has 0 aliphatic rings. The van der Waals surface area contributed by atoms with E-state index in [0.29, 0.717) is 0 Å². The highest BCUT2D eigenvalue weighted by atomic mass is 16.5. The molecule has 0 atom stereocenters. The fourth-order valence-electron chi connectivity index (χ4n) is 0.488. The Kier molecular flexibility index (Phi) is 1.83. The molecular formula is C5H5N5O. The van der Waals surface area contributed by atoms with E-state index in [1.807, 2.05) is 0 Å². The molecule has 0 bridgehead atoms. The lowest BCUT2D eigenvalue weighted by molar-refractivity contribution is 0.373. The molecule has 56 valence electrons. The second-order valence-corrected chi connectivity index (χ2v) is 1.64. The molecule has 0 aromatic carbocycles. The molecule has 0 radical (unpaired) electrons. The summed E-state index contributed by atoms with van der Waals surface area (Å²) in [4.78, 5) is 3.63. The van der Waals surface area contributed by atoms with E-state index in [0.717, 1.165) is 0 Å². The zero-order valence-electron chi connectivity index (χ0n) is 5.77. The maximum absolute atomic E-state index is 8.42. The molecule has 1 heterocycles. The van der Waals surface area contributed by atoms with Gasteiger partial charge in [0.05, 0.1) is 7.11 Å². The molecule has 6 heteroatoms. The number of hydrogen-bond donors (Lipinski definition) is 1. The zero-order chi connectivity index (χ0) is 8.27. The van der Waals surface area contributed by atoms with Crippen LogP contribution in [0.1, 0.15) is 5.69 Å². The van der Waals surface area contributed by atoms with E-state index in [2.05, 4.69) is 19.9 Å². The van der Waals surface area contributed by atoms with Crippen LogP contribution in [0.4, 0.5) is 5.82 Å². The predicted octanol–water partition coefficient (Wildman–Crippen LogP) is -0.666. The quantitative estimate of drug-likeness (QED) is 0.571. The van der Waals surface area contributed by atoms with Crippen LogP contribution in [0, 0.1) is 11.3 Å². The third kappa shape index (κ3) is 1.32. The van der Waals surface area contributed by atoms with Crippen molar-refractivity contribution in [3.63, 3.8) is 0 Å². The molecule has 1 rings (SSSR count). The number of nitrogen functional groups attached to an aromatic ring is 1. The highest BCUT2D eigenvalue weighted by Crippen LogP contribution is 2.05. The Morgan fingerprint density at radius 3 is 2.82 bits per heavy atom. The van der Waals surface area contributed by atoms with Crippen LogP contribution < -0.4 is 10.5 Å². The van der Waals surface area contributed by atoms with Gasteiger partial charge in [-0.1, -0.05) is 5.10 Å². The largest absolute Gasteiger partial charge is 0.466 e. The molecule has 2 N–H and O–H groups in total. The summed E-state index contributed by atoms with van der Waals surface area (Å²) in [7, 11) is 1.38.